The van der Waals surface area contributed by atoms with Crippen LogP contribution in [0.4, 0.5) is 5.69 Å². The molecule has 0 aromatic heterocycles. The zero-order chi connectivity index (χ0) is 15.3. The highest BCUT2D eigenvalue weighted by Gasteiger charge is 2.23. The normalized spacial score (nSPS) is 11.2. The van der Waals surface area contributed by atoms with E-state index < -0.39 is 0 Å². The van der Waals surface area contributed by atoms with E-state index in [-0.39, 0.29) is 5.91 Å². The van der Waals surface area contributed by atoms with Gasteiger partial charge in [0.15, 0.2) is 0 Å². The van der Waals surface area contributed by atoms with E-state index in [1.807, 2.05) is 30.0 Å². The molecule has 1 rings (SSSR count). The number of nitrogens with two attached hydrogens (primary N) is 1. The monoisotopic (exact) mass is 276 g/mol. The summed E-state index contributed by atoms with van der Waals surface area (Å²) < 4.78 is 0. The number of benzene rings is 1. The smallest absolute Gasteiger partial charge is 0.254 e. The summed E-state index contributed by atoms with van der Waals surface area (Å²) in [5.74, 6) is 0.588. The highest BCUT2D eigenvalue weighted by atomic mass is 16.2. The van der Waals surface area contributed by atoms with Crippen LogP contribution < -0.4 is 5.73 Å². The highest BCUT2D eigenvalue weighted by molar-refractivity contribution is 5.95. The summed E-state index contributed by atoms with van der Waals surface area (Å²) in [7, 11) is 0. The molecule has 0 radical (unpaired) electrons. The summed E-state index contributed by atoms with van der Waals surface area (Å²) >= 11 is 0. The number of carbonyl (C=O) groups is 1. The summed E-state index contributed by atoms with van der Waals surface area (Å²) in [6.07, 6.45) is 1.98. The number of anilines is 1. The fraction of sp³-hybridized carbons (Fsp3) is 0.588. The molecular weight excluding hydrogens is 248 g/mol. The molecule has 0 saturated carbocycles. The van der Waals surface area contributed by atoms with Crippen LogP contribution in [0.15, 0.2) is 18.2 Å². The molecule has 0 aliphatic rings. The van der Waals surface area contributed by atoms with Crippen molar-refractivity contribution in [3.8, 4) is 0 Å². The van der Waals surface area contributed by atoms with Crippen LogP contribution in [-0.4, -0.2) is 23.4 Å². The summed E-state index contributed by atoms with van der Waals surface area (Å²) in [5.41, 5.74) is 8.27. The summed E-state index contributed by atoms with van der Waals surface area (Å²) in [5, 5.41) is 0. The molecule has 0 unspecified atom stereocenters. The van der Waals surface area contributed by atoms with Crippen LogP contribution in [0.25, 0.3) is 0 Å². The van der Waals surface area contributed by atoms with Gasteiger partial charge in [0.25, 0.3) is 5.91 Å². The molecule has 112 valence electrons. The standard InChI is InChI=1S/C17H28N2O/c1-6-15(7-2)19(11-12(3)4)17(20)14-8-9-16(18)13(5)10-14/h8-10,12,15H,6-7,11,18H2,1-5H3. The molecule has 0 atom stereocenters. The average Bonchev–Trinajstić information content (AvgIpc) is 2.41. The van der Waals surface area contributed by atoms with Crippen LogP contribution in [0.3, 0.4) is 0 Å². The van der Waals surface area contributed by atoms with Crippen molar-refractivity contribution in [2.75, 3.05) is 12.3 Å². The first-order chi connectivity index (χ1) is 9.40. The molecule has 1 aromatic carbocycles. The zero-order valence-corrected chi connectivity index (χ0v) is 13.4. The second-order valence-electron chi connectivity index (χ2n) is 5.89. The van der Waals surface area contributed by atoms with Gasteiger partial charge in [-0.15, -0.1) is 0 Å². The topological polar surface area (TPSA) is 46.3 Å². The minimum atomic E-state index is 0.121. The SMILES string of the molecule is CCC(CC)N(CC(C)C)C(=O)c1ccc(N)c(C)c1. The van der Waals surface area contributed by atoms with E-state index in [0.717, 1.165) is 36.2 Å². The molecule has 0 fully saturated rings. The molecule has 0 bridgehead atoms. The van der Waals surface area contributed by atoms with Gasteiger partial charge in [-0.05, 0) is 49.4 Å². The third-order valence-corrected chi connectivity index (χ3v) is 3.72. The van der Waals surface area contributed by atoms with Crippen LogP contribution in [0.5, 0.6) is 0 Å². The molecule has 0 heterocycles. The van der Waals surface area contributed by atoms with E-state index in [1.54, 1.807) is 0 Å². The summed E-state index contributed by atoms with van der Waals surface area (Å²) in [4.78, 5) is 14.8. The van der Waals surface area contributed by atoms with Gasteiger partial charge in [0.1, 0.15) is 0 Å². The van der Waals surface area contributed by atoms with Gasteiger partial charge < -0.3 is 10.6 Å². The van der Waals surface area contributed by atoms with E-state index in [9.17, 15) is 4.79 Å². The molecule has 20 heavy (non-hydrogen) atoms. The van der Waals surface area contributed by atoms with Crippen molar-refractivity contribution in [1.29, 1.82) is 0 Å². The number of hydrogen-bond acceptors (Lipinski definition) is 2. The van der Waals surface area contributed by atoms with Gasteiger partial charge in [-0.1, -0.05) is 27.7 Å². The van der Waals surface area contributed by atoms with Crippen molar-refractivity contribution < 1.29 is 4.79 Å². The van der Waals surface area contributed by atoms with Gasteiger partial charge in [-0.2, -0.15) is 0 Å². The molecule has 0 spiro atoms. The van der Waals surface area contributed by atoms with Crippen LogP contribution >= 0.6 is 0 Å². The van der Waals surface area contributed by atoms with Crippen molar-refractivity contribution in [2.24, 2.45) is 5.92 Å². The zero-order valence-electron chi connectivity index (χ0n) is 13.4. The predicted octanol–water partition coefficient (Wildman–Crippen LogP) is 3.86. The first-order valence-corrected chi connectivity index (χ1v) is 7.57. The Morgan fingerprint density at radius 2 is 1.85 bits per heavy atom. The summed E-state index contributed by atoms with van der Waals surface area (Å²) in [6.45, 7) is 11.3. The van der Waals surface area contributed by atoms with Crippen molar-refractivity contribution in [3.05, 3.63) is 29.3 Å². The van der Waals surface area contributed by atoms with Crippen molar-refractivity contribution in [1.82, 2.24) is 4.90 Å². The van der Waals surface area contributed by atoms with E-state index in [4.69, 9.17) is 5.73 Å². The number of carbonyl (C=O) groups excluding carboxylic acids is 1. The lowest BCUT2D eigenvalue weighted by atomic mass is 10.0. The fourth-order valence-corrected chi connectivity index (χ4v) is 2.50. The third-order valence-electron chi connectivity index (χ3n) is 3.72. The van der Waals surface area contributed by atoms with Gasteiger partial charge in [0, 0.05) is 23.8 Å². The first-order valence-electron chi connectivity index (χ1n) is 7.57. The maximum absolute atomic E-state index is 12.8. The van der Waals surface area contributed by atoms with E-state index in [2.05, 4.69) is 27.7 Å². The number of aryl methyl sites for hydroxylation is 1. The van der Waals surface area contributed by atoms with Crippen LogP contribution in [0.1, 0.15) is 56.5 Å². The maximum Gasteiger partial charge on any atom is 0.254 e. The van der Waals surface area contributed by atoms with Gasteiger partial charge in [0.05, 0.1) is 0 Å². The third kappa shape index (κ3) is 3.99. The lowest BCUT2D eigenvalue weighted by molar-refractivity contribution is 0.0640. The second kappa shape index (κ2) is 7.32. The Kier molecular flexibility index (Phi) is 6.05. The summed E-state index contributed by atoms with van der Waals surface area (Å²) in [6, 6.07) is 5.86. The molecule has 0 aliphatic heterocycles. The lowest BCUT2D eigenvalue weighted by Gasteiger charge is -2.32. The Morgan fingerprint density at radius 3 is 2.30 bits per heavy atom. The number of amides is 1. The number of rotatable bonds is 6. The molecule has 3 heteroatoms. The molecule has 1 amide bonds. The Labute approximate surface area is 123 Å². The first kappa shape index (κ1) is 16.5. The van der Waals surface area contributed by atoms with E-state index >= 15 is 0 Å². The highest BCUT2D eigenvalue weighted by Crippen LogP contribution is 2.19. The van der Waals surface area contributed by atoms with Crippen molar-refractivity contribution in [2.45, 2.75) is 53.5 Å². The predicted molar refractivity (Wildman–Crippen MR) is 85.8 cm³/mol. The molecular formula is C17H28N2O. The van der Waals surface area contributed by atoms with E-state index in [0.29, 0.717) is 12.0 Å². The Morgan fingerprint density at radius 1 is 1.25 bits per heavy atom. The quantitative estimate of drug-likeness (QED) is 0.802. The largest absolute Gasteiger partial charge is 0.399 e. The Hall–Kier alpha value is -1.51. The second-order valence-corrected chi connectivity index (χ2v) is 5.89. The molecule has 1 aromatic rings. The molecule has 0 aliphatic carbocycles. The van der Waals surface area contributed by atoms with Gasteiger partial charge in [-0.25, -0.2) is 0 Å². The van der Waals surface area contributed by atoms with Crippen LogP contribution in [-0.2, 0) is 0 Å². The minimum absolute atomic E-state index is 0.121. The van der Waals surface area contributed by atoms with Crippen molar-refractivity contribution >= 4 is 11.6 Å². The van der Waals surface area contributed by atoms with Crippen LogP contribution in [0.2, 0.25) is 0 Å². The van der Waals surface area contributed by atoms with Crippen LogP contribution in [0, 0.1) is 12.8 Å². The molecule has 0 saturated heterocycles. The van der Waals surface area contributed by atoms with Gasteiger partial charge >= 0.3 is 0 Å². The number of hydrogen-bond donors (Lipinski definition) is 1. The van der Waals surface area contributed by atoms with Gasteiger partial charge in [-0.3, -0.25) is 4.79 Å². The number of nitrogens with zero attached hydrogens (tertiary/aromatic N) is 1. The molecule has 3 nitrogen and oxygen atoms in total. The number of nitrogen functional groups attached to an aromatic ring is 1. The molecule has 2 N–H and O–H groups in total. The maximum atomic E-state index is 12.8. The minimum Gasteiger partial charge on any atom is -0.399 e. The van der Waals surface area contributed by atoms with E-state index in [1.165, 1.54) is 0 Å². The van der Waals surface area contributed by atoms with Gasteiger partial charge in [0.2, 0.25) is 0 Å². The average molecular weight is 276 g/mol. The fourth-order valence-electron chi connectivity index (χ4n) is 2.50. The Bertz CT molecular complexity index is 450. The Balaban J connectivity index is 3.05. The lowest BCUT2D eigenvalue weighted by Crippen LogP contribution is -2.42. The van der Waals surface area contributed by atoms with Crippen molar-refractivity contribution in [3.63, 3.8) is 0 Å².